The Morgan fingerprint density at radius 1 is 1.03 bits per heavy atom. The molecule has 5 unspecified atom stereocenters. The molecule has 0 saturated carbocycles. The molecule has 0 amide bonds. The molecule has 4 heterocycles. The minimum absolute atomic E-state index is 0.202. The van der Waals surface area contributed by atoms with E-state index in [-0.39, 0.29) is 23.9 Å². The van der Waals surface area contributed by atoms with Gasteiger partial charge in [-0.2, -0.15) is 0 Å². The number of nitrogen functional groups attached to an aromatic ring is 2. The van der Waals surface area contributed by atoms with Crippen LogP contribution >= 0.6 is 0 Å². The first-order valence-corrected chi connectivity index (χ1v) is 12.5. The van der Waals surface area contributed by atoms with Crippen LogP contribution in [0.5, 0.6) is 0 Å². The second-order valence-corrected chi connectivity index (χ2v) is 9.84. The highest BCUT2D eigenvalue weighted by molar-refractivity contribution is 7.79. The van der Waals surface area contributed by atoms with Crippen molar-refractivity contribution >= 4 is 55.6 Å². The van der Waals surface area contributed by atoms with E-state index in [1.807, 2.05) is 22.8 Å². The highest BCUT2D eigenvalue weighted by atomic mass is 32.2. The predicted molar refractivity (Wildman–Crippen MR) is 137 cm³/mol. The quantitative estimate of drug-likeness (QED) is 0.134. The molecule has 0 spiro atoms. The van der Waals surface area contributed by atoms with E-state index in [0.29, 0.717) is 16.9 Å². The molecule has 5 aromatic rings. The van der Waals surface area contributed by atoms with Gasteiger partial charge >= 0.3 is 0 Å². The van der Waals surface area contributed by atoms with E-state index >= 15 is 0 Å². The van der Waals surface area contributed by atoms with Crippen molar-refractivity contribution in [3.8, 4) is 0 Å². The lowest BCUT2D eigenvalue weighted by Crippen LogP contribution is -2.38. The molecule has 14 heteroatoms. The van der Waals surface area contributed by atoms with E-state index in [1.54, 1.807) is 18.2 Å². The number of aliphatic hydroxyl groups excluding tert-OH is 2. The van der Waals surface area contributed by atoms with Crippen LogP contribution in [0.4, 0.5) is 11.5 Å². The van der Waals surface area contributed by atoms with Gasteiger partial charge in [0.1, 0.15) is 30.2 Å². The molecular weight excluding hydrogens is 500 g/mol. The minimum Gasteiger partial charge on any atom is -0.399 e. The number of anilines is 2. The summed E-state index contributed by atoms with van der Waals surface area (Å²) in [6.07, 6.45) is -1.33. The predicted octanol–water partition coefficient (Wildman–Crippen LogP) is 0.546. The van der Waals surface area contributed by atoms with Gasteiger partial charge in [0, 0.05) is 23.0 Å². The van der Waals surface area contributed by atoms with Crippen molar-refractivity contribution in [2.75, 3.05) is 18.0 Å². The van der Waals surface area contributed by atoms with E-state index in [9.17, 15) is 19.0 Å². The summed E-state index contributed by atoms with van der Waals surface area (Å²) in [5, 5.41) is 26.5. The standard InChI is InChI=1S/C23H24N8O5S/c24-11-1-3-13-14-4-2-12(37(34)35)6-16(14)30(15(13)5-11)9-26-7-17-19(32)20(33)23(36-17)31-10-29-18-21(25)27-8-28-22(18)31/h1-6,8,10,17,19-20,23,26,32-33H,7,9,24H2,(H,34,35)(H2,25,27,28). The van der Waals surface area contributed by atoms with E-state index in [0.717, 1.165) is 21.8 Å². The topological polar surface area (TPSA) is 200 Å². The Morgan fingerprint density at radius 2 is 1.78 bits per heavy atom. The second kappa shape index (κ2) is 9.02. The number of nitrogens with zero attached hydrogens (tertiary/aromatic N) is 5. The number of fused-ring (bicyclic) bond motifs is 4. The van der Waals surface area contributed by atoms with Crippen molar-refractivity contribution in [1.29, 1.82) is 0 Å². The average molecular weight is 525 g/mol. The second-order valence-electron chi connectivity index (χ2n) is 8.87. The van der Waals surface area contributed by atoms with E-state index in [1.165, 1.54) is 17.2 Å². The van der Waals surface area contributed by atoms with Crippen molar-refractivity contribution in [2.24, 2.45) is 0 Å². The van der Waals surface area contributed by atoms with Crippen LogP contribution in [-0.2, 0) is 22.5 Å². The van der Waals surface area contributed by atoms with Crippen molar-refractivity contribution in [3.63, 3.8) is 0 Å². The normalized spacial score (nSPS) is 22.9. The smallest absolute Gasteiger partial charge is 0.186 e. The van der Waals surface area contributed by atoms with Crippen LogP contribution < -0.4 is 16.8 Å². The molecule has 1 fully saturated rings. The maximum atomic E-state index is 11.7. The third-order valence-corrected chi connectivity index (χ3v) is 7.34. The molecule has 13 nitrogen and oxygen atoms in total. The fourth-order valence-corrected chi connectivity index (χ4v) is 5.27. The highest BCUT2D eigenvalue weighted by Gasteiger charge is 2.44. The van der Waals surface area contributed by atoms with Gasteiger partial charge < -0.3 is 35.5 Å². The van der Waals surface area contributed by atoms with Crippen molar-refractivity contribution in [1.82, 2.24) is 29.4 Å². The Hall–Kier alpha value is -3.66. The number of rotatable bonds is 6. The van der Waals surface area contributed by atoms with Crippen LogP contribution in [0.25, 0.3) is 33.0 Å². The van der Waals surface area contributed by atoms with Crippen LogP contribution in [0.1, 0.15) is 6.23 Å². The molecule has 37 heavy (non-hydrogen) atoms. The number of ether oxygens (including phenoxy) is 1. The molecule has 6 rings (SSSR count). The first-order chi connectivity index (χ1) is 17.8. The molecule has 0 bridgehead atoms. The number of imidazole rings is 1. The molecule has 0 aliphatic carbocycles. The Balaban J connectivity index is 1.25. The number of hydrogen-bond donors (Lipinski definition) is 6. The fourth-order valence-electron chi connectivity index (χ4n) is 4.87. The minimum atomic E-state index is -2.13. The Bertz CT molecular complexity index is 1670. The highest BCUT2D eigenvalue weighted by Crippen LogP contribution is 2.33. The molecule has 0 radical (unpaired) electrons. The van der Waals surface area contributed by atoms with Gasteiger partial charge in [-0.05, 0) is 24.3 Å². The molecule has 2 aromatic carbocycles. The molecular formula is C23H24N8O5S. The summed E-state index contributed by atoms with van der Waals surface area (Å²) in [5.41, 5.74) is 14.8. The monoisotopic (exact) mass is 524 g/mol. The maximum absolute atomic E-state index is 11.7. The van der Waals surface area contributed by atoms with E-state index in [2.05, 4.69) is 20.3 Å². The number of hydrogen-bond acceptors (Lipinski definition) is 10. The molecule has 5 atom stereocenters. The molecule has 1 saturated heterocycles. The zero-order chi connectivity index (χ0) is 25.8. The van der Waals surface area contributed by atoms with Crippen molar-refractivity contribution in [2.45, 2.75) is 36.1 Å². The zero-order valence-corrected chi connectivity index (χ0v) is 20.1. The number of benzene rings is 2. The van der Waals surface area contributed by atoms with Crippen molar-refractivity contribution < 1.29 is 23.7 Å². The van der Waals surface area contributed by atoms with Crippen LogP contribution in [0.2, 0.25) is 0 Å². The third kappa shape index (κ3) is 3.90. The molecule has 3 aromatic heterocycles. The van der Waals surface area contributed by atoms with E-state index in [4.69, 9.17) is 16.2 Å². The van der Waals surface area contributed by atoms with Crippen molar-refractivity contribution in [3.05, 3.63) is 49.1 Å². The lowest BCUT2D eigenvalue weighted by atomic mass is 10.1. The van der Waals surface area contributed by atoms with Gasteiger partial charge in [-0.1, -0.05) is 12.1 Å². The van der Waals surface area contributed by atoms with Gasteiger partial charge in [0.15, 0.2) is 28.8 Å². The molecule has 192 valence electrons. The first-order valence-electron chi connectivity index (χ1n) is 11.4. The lowest BCUT2D eigenvalue weighted by Gasteiger charge is -2.17. The largest absolute Gasteiger partial charge is 0.399 e. The van der Waals surface area contributed by atoms with Gasteiger partial charge in [-0.3, -0.25) is 9.88 Å². The Morgan fingerprint density at radius 3 is 2.57 bits per heavy atom. The van der Waals surface area contributed by atoms with Gasteiger partial charge in [-0.25, -0.2) is 19.2 Å². The summed E-state index contributed by atoms with van der Waals surface area (Å²) >= 11 is -2.13. The SMILES string of the molecule is Nc1ccc2c3ccc(S(=O)O)cc3n(CNCC3OC(n4cnc5c(N)ncnc54)C(O)C3O)c2c1. The molecule has 1 aliphatic rings. The number of aromatic nitrogens is 5. The van der Waals surface area contributed by atoms with Gasteiger partial charge in [0.2, 0.25) is 0 Å². The van der Waals surface area contributed by atoms with Crippen LogP contribution in [0.3, 0.4) is 0 Å². The van der Waals surface area contributed by atoms with Gasteiger partial charge in [-0.15, -0.1) is 0 Å². The molecule has 8 N–H and O–H groups in total. The summed E-state index contributed by atoms with van der Waals surface area (Å²) < 4.78 is 30.7. The van der Waals surface area contributed by atoms with Crippen LogP contribution in [0, 0.1) is 0 Å². The van der Waals surface area contributed by atoms with Gasteiger partial charge in [0.05, 0.1) is 28.9 Å². The number of nitrogens with two attached hydrogens (primary N) is 2. The summed E-state index contributed by atoms with van der Waals surface area (Å²) in [7, 11) is 0. The Kier molecular flexibility index (Phi) is 5.78. The fraction of sp³-hybridized carbons (Fsp3) is 0.261. The average Bonchev–Trinajstić information content (AvgIpc) is 3.53. The maximum Gasteiger partial charge on any atom is 0.186 e. The molecule has 1 aliphatic heterocycles. The van der Waals surface area contributed by atoms with Gasteiger partial charge in [0.25, 0.3) is 0 Å². The first kappa shape index (κ1) is 23.7. The number of nitrogens with one attached hydrogen (secondary N) is 1. The van der Waals surface area contributed by atoms with Crippen LogP contribution in [0.15, 0.2) is 53.9 Å². The summed E-state index contributed by atoms with van der Waals surface area (Å²) in [6, 6.07) is 10.7. The van der Waals surface area contributed by atoms with E-state index < -0.39 is 35.6 Å². The van der Waals surface area contributed by atoms with Crippen LogP contribution in [-0.4, -0.2) is 67.9 Å². The Labute approximate surface area is 212 Å². The zero-order valence-electron chi connectivity index (χ0n) is 19.3. The third-order valence-electron chi connectivity index (χ3n) is 6.68. The lowest BCUT2D eigenvalue weighted by molar-refractivity contribution is -0.0345. The summed E-state index contributed by atoms with van der Waals surface area (Å²) in [4.78, 5) is 12.6. The summed E-state index contributed by atoms with van der Waals surface area (Å²) in [5.74, 6) is 0.204. The summed E-state index contributed by atoms with van der Waals surface area (Å²) in [6.45, 7) is 0.490. The number of aliphatic hydroxyl groups is 2.